The summed E-state index contributed by atoms with van der Waals surface area (Å²) in [5.41, 5.74) is 0.157. The minimum atomic E-state index is -0.0549. The summed E-state index contributed by atoms with van der Waals surface area (Å²) in [7, 11) is 0. The van der Waals surface area contributed by atoms with E-state index in [1.165, 1.54) is 19.3 Å². The molecule has 0 saturated heterocycles. The van der Waals surface area contributed by atoms with Crippen LogP contribution < -0.4 is 5.32 Å². The number of aliphatic hydroxyl groups excluding tert-OH is 1. The Labute approximate surface area is 94.5 Å². The van der Waals surface area contributed by atoms with Gasteiger partial charge in [-0.25, -0.2) is 0 Å². The standard InChI is InChI=1S/C13H27NO/c1-5-11(2)14-13(10-15)9-7-6-8-12(13,3)4/h11,14-15H,5-10H2,1-4H3. The molecule has 0 heterocycles. The fourth-order valence-corrected chi connectivity index (χ4v) is 2.75. The highest BCUT2D eigenvalue weighted by Crippen LogP contribution is 2.43. The van der Waals surface area contributed by atoms with Gasteiger partial charge >= 0.3 is 0 Å². The molecule has 1 aliphatic rings. The zero-order chi connectivity index (χ0) is 11.5. The Balaban J connectivity index is 2.80. The van der Waals surface area contributed by atoms with Gasteiger partial charge in [0.05, 0.1) is 6.61 Å². The third kappa shape index (κ3) is 2.54. The molecule has 0 aliphatic heterocycles. The van der Waals surface area contributed by atoms with E-state index in [1.54, 1.807) is 0 Å². The maximum Gasteiger partial charge on any atom is 0.0618 e. The predicted octanol–water partition coefficient (Wildman–Crippen LogP) is 2.71. The number of hydrogen-bond donors (Lipinski definition) is 2. The van der Waals surface area contributed by atoms with E-state index in [0.717, 1.165) is 12.8 Å². The number of aliphatic hydroxyl groups is 1. The molecule has 0 spiro atoms. The predicted molar refractivity (Wildman–Crippen MR) is 65.0 cm³/mol. The zero-order valence-corrected chi connectivity index (χ0v) is 10.8. The van der Waals surface area contributed by atoms with Crippen LogP contribution in [-0.2, 0) is 0 Å². The molecule has 0 amide bonds. The van der Waals surface area contributed by atoms with Gasteiger partial charge in [-0.05, 0) is 31.6 Å². The van der Waals surface area contributed by atoms with Crippen LogP contribution in [0.1, 0.15) is 59.8 Å². The molecule has 15 heavy (non-hydrogen) atoms. The Morgan fingerprint density at radius 1 is 1.27 bits per heavy atom. The second kappa shape index (κ2) is 4.84. The first-order chi connectivity index (χ1) is 6.97. The minimum Gasteiger partial charge on any atom is -0.394 e. The van der Waals surface area contributed by atoms with Gasteiger partial charge in [0.25, 0.3) is 0 Å². The van der Waals surface area contributed by atoms with Crippen LogP contribution in [0.15, 0.2) is 0 Å². The first-order valence-corrected chi connectivity index (χ1v) is 6.36. The Kier molecular flexibility index (Phi) is 4.19. The minimum absolute atomic E-state index is 0.0549. The van der Waals surface area contributed by atoms with Gasteiger partial charge in [0, 0.05) is 11.6 Å². The van der Waals surface area contributed by atoms with Gasteiger partial charge < -0.3 is 10.4 Å². The molecule has 2 N–H and O–H groups in total. The van der Waals surface area contributed by atoms with Gasteiger partial charge in [0.15, 0.2) is 0 Å². The van der Waals surface area contributed by atoms with E-state index in [0.29, 0.717) is 6.04 Å². The summed E-state index contributed by atoms with van der Waals surface area (Å²) < 4.78 is 0. The van der Waals surface area contributed by atoms with Gasteiger partial charge in [-0.15, -0.1) is 0 Å². The molecule has 0 bridgehead atoms. The van der Waals surface area contributed by atoms with E-state index >= 15 is 0 Å². The van der Waals surface area contributed by atoms with Gasteiger partial charge in [0.2, 0.25) is 0 Å². The molecule has 1 aliphatic carbocycles. The van der Waals surface area contributed by atoms with Gasteiger partial charge in [-0.3, -0.25) is 0 Å². The molecule has 2 atom stereocenters. The van der Waals surface area contributed by atoms with Crippen molar-refractivity contribution in [2.45, 2.75) is 71.4 Å². The van der Waals surface area contributed by atoms with Crippen LogP contribution in [-0.4, -0.2) is 23.3 Å². The maximum absolute atomic E-state index is 9.76. The van der Waals surface area contributed by atoms with Gasteiger partial charge in [-0.1, -0.05) is 33.6 Å². The third-order valence-corrected chi connectivity index (χ3v) is 4.36. The molecular weight excluding hydrogens is 186 g/mol. The van der Waals surface area contributed by atoms with Crippen molar-refractivity contribution in [3.8, 4) is 0 Å². The number of rotatable bonds is 4. The highest BCUT2D eigenvalue weighted by Gasteiger charge is 2.46. The second-order valence-corrected chi connectivity index (χ2v) is 5.78. The third-order valence-electron chi connectivity index (χ3n) is 4.36. The van der Waals surface area contributed by atoms with E-state index in [9.17, 15) is 5.11 Å². The van der Waals surface area contributed by atoms with Gasteiger partial charge in [0.1, 0.15) is 0 Å². The zero-order valence-electron chi connectivity index (χ0n) is 10.8. The Hall–Kier alpha value is -0.0800. The van der Waals surface area contributed by atoms with E-state index in [2.05, 4.69) is 33.0 Å². The Morgan fingerprint density at radius 3 is 2.33 bits per heavy atom. The summed E-state index contributed by atoms with van der Waals surface area (Å²) in [5.74, 6) is 0. The quantitative estimate of drug-likeness (QED) is 0.752. The summed E-state index contributed by atoms with van der Waals surface area (Å²) in [6, 6.07) is 0.495. The lowest BCUT2D eigenvalue weighted by molar-refractivity contribution is 0.00310. The first kappa shape index (κ1) is 13.0. The largest absolute Gasteiger partial charge is 0.394 e. The highest BCUT2D eigenvalue weighted by molar-refractivity contribution is 5.03. The van der Waals surface area contributed by atoms with Crippen LogP contribution in [0.5, 0.6) is 0 Å². The summed E-state index contributed by atoms with van der Waals surface area (Å²) in [4.78, 5) is 0. The molecule has 0 aromatic rings. The number of hydrogen-bond acceptors (Lipinski definition) is 2. The van der Waals surface area contributed by atoms with E-state index in [1.807, 2.05) is 0 Å². The average Bonchev–Trinajstić information content (AvgIpc) is 2.21. The fraction of sp³-hybridized carbons (Fsp3) is 1.00. The molecule has 0 radical (unpaired) electrons. The average molecular weight is 213 g/mol. The molecule has 2 nitrogen and oxygen atoms in total. The molecule has 1 rings (SSSR count). The molecule has 2 unspecified atom stereocenters. The van der Waals surface area contributed by atoms with Crippen LogP contribution in [0.25, 0.3) is 0 Å². The second-order valence-electron chi connectivity index (χ2n) is 5.78. The highest BCUT2D eigenvalue weighted by atomic mass is 16.3. The molecule has 2 heteroatoms. The maximum atomic E-state index is 9.76. The smallest absolute Gasteiger partial charge is 0.0618 e. The van der Waals surface area contributed by atoms with Gasteiger partial charge in [-0.2, -0.15) is 0 Å². The lowest BCUT2D eigenvalue weighted by atomic mass is 9.63. The molecule has 0 aromatic heterocycles. The van der Waals surface area contributed by atoms with Crippen LogP contribution in [0.2, 0.25) is 0 Å². The monoisotopic (exact) mass is 213 g/mol. The molecule has 1 fully saturated rings. The van der Waals surface area contributed by atoms with Crippen molar-refractivity contribution in [1.82, 2.24) is 5.32 Å². The summed E-state index contributed by atoms with van der Waals surface area (Å²) >= 11 is 0. The molecular formula is C13H27NO. The summed E-state index contributed by atoms with van der Waals surface area (Å²) in [5, 5.41) is 13.4. The molecule has 90 valence electrons. The SMILES string of the molecule is CCC(C)NC1(CO)CCCCC1(C)C. The topological polar surface area (TPSA) is 32.3 Å². The number of nitrogens with one attached hydrogen (secondary N) is 1. The Bertz CT molecular complexity index is 203. The van der Waals surface area contributed by atoms with E-state index in [4.69, 9.17) is 0 Å². The van der Waals surface area contributed by atoms with Crippen molar-refractivity contribution in [2.24, 2.45) is 5.41 Å². The first-order valence-electron chi connectivity index (χ1n) is 6.36. The fourth-order valence-electron chi connectivity index (χ4n) is 2.75. The van der Waals surface area contributed by atoms with Crippen molar-refractivity contribution in [3.05, 3.63) is 0 Å². The lowest BCUT2D eigenvalue weighted by Crippen LogP contribution is -2.62. The lowest BCUT2D eigenvalue weighted by Gasteiger charge is -2.51. The van der Waals surface area contributed by atoms with Crippen molar-refractivity contribution in [3.63, 3.8) is 0 Å². The van der Waals surface area contributed by atoms with Crippen molar-refractivity contribution in [1.29, 1.82) is 0 Å². The van der Waals surface area contributed by atoms with E-state index < -0.39 is 0 Å². The van der Waals surface area contributed by atoms with Crippen molar-refractivity contribution >= 4 is 0 Å². The van der Waals surface area contributed by atoms with Crippen molar-refractivity contribution < 1.29 is 5.11 Å². The molecule has 0 aromatic carbocycles. The summed E-state index contributed by atoms with van der Waals surface area (Å²) in [6.45, 7) is 9.25. The van der Waals surface area contributed by atoms with Crippen LogP contribution in [0.3, 0.4) is 0 Å². The van der Waals surface area contributed by atoms with Crippen LogP contribution in [0.4, 0.5) is 0 Å². The normalized spacial score (nSPS) is 32.6. The summed E-state index contributed by atoms with van der Waals surface area (Å²) in [6.07, 6.45) is 6.00. The molecule has 1 saturated carbocycles. The van der Waals surface area contributed by atoms with Crippen molar-refractivity contribution in [2.75, 3.05) is 6.61 Å². The van der Waals surface area contributed by atoms with Crippen LogP contribution >= 0.6 is 0 Å². The Morgan fingerprint density at radius 2 is 1.87 bits per heavy atom. The van der Waals surface area contributed by atoms with Crippen LogP contribution in [0, 0.1) is 5.41 Å². The van der Waals surface area contributed by atoms with E-state index in [-0.39, 0.29) is 17.6 Å².